The molecule has 1 aromatic heterocycles. The average Bonchev–Trinajstić information content (AvgIpc) is 2.49. The highest BCUT2D eigenvalue weighted by Gasteiger charge is 2.14. The van der Waals surface area contributed by atoms with Crippen molar-refractivity contribution >= 4 is 15.8 Å². The Balaban J connectivity index is 1.99. The molecule has 2 aromatic rings. The maximum absolute atomic E-state index is 12.2. The van der Waals surface area contributed by atoms with Crippen molar-refractivity contribution in [3.8, 4) is 0 Å². The summed E-state index contributed by atoms with van der Waals surface area (Å²) < 4.78 is 27.0. The molecule has 1 heterocycles. The SMILES string of the molecule is CCNc1cc(S(=O)(=O)NCCc2ccccc2)ccn1. The van der Waals surface area contributed by atoms with E-state index in [-0.39, 0.29) is 4.90 Å². The Labute approximate surface area is 125 Å². The lowest BCUT2D eigenvalue weighted by atomic mass is 10.2. The molecule has 0 bridgehead atoms. The van der Waals surface area contributed by atoms with Crippen LogP contribution in [0.15, 0.2) is 53.6 Å². The van der Waals surface area contributed by atoms with Gasteiger partial charge in [-0.3, -0.25) is 0 Å². The number of pyridine rings is 1. The zero-order valence-electron chi connectivity index (χ0n) is 11.9. The van der Waals surface area contributed by atoms with Gasteiger partial charge in [-0.15, -0.1) is 0 Å². The Bertz CT molecular complexity index is 672. The molecule has 2 N–H and O–H groups in total. The number of rotatable bonds is 7. The summed E-state index contributed by atoms with van der Waals surface area (Å²) >= 11 is 0. The first-order valence-electron chi connectivity index (χ1n) is 6.85. The quantitative estimate of drug-likeness (QED) is 0.821. The lowest BCUT2D eigenvalue weighted by molar-refractivity contribution is 0.581. The topological polar surface area (TPSA) is 71.1 Å². The van der Waals surface area contributed by atoms with Crippen LogP contribution >= 0.6 is 0 Å². The van der Waals surface area contributed by atoms with Crippen LogP contribution < -0.4 is 10.0 Å². The van der Waals surface area contributed by atoms with Crippen molar-refractivity contribution in [1.82, 2.24) is 9.71 Å². The molecule has 0 saturated carbocycles. The lowest BCUT2D eigenvalue weighted by Crippen LogP contribution is -2.26. The fourth-order valence-electron chi connectivity index (χ4n) is 1.91. The number of nitrogens with one attached hydrogen (secondary N) is 2. The van der Waals surface area contributed by atoms with Gasteiger partial charge in [0.25, 0.3) is 0 Å². The molecule has 0 spiro atoms. The average molecular weight is 305 g/mol. The smallest absolute Gasteiger partial charge is 0.240 e. The fraction of sp³-hybridized carbons (Fsp3) is 0.267. The summed E-state index contributed by atoms with van der Waals surface area (Å²) in [6.07, 6.45) is 2.15. The minimum Gasteiger partial charge on any atom is -0.370 e. The Morgan fingerprint density at radius 1 is 1.14 bits per heavy atom. The first-order chi connectivity index (χ1) is 10.1. The molecule has 1 aromatic carbocycles. The van der Waals surface area contributed by atoms with Crippen molar-refractivity contribution in [2.75, 3.05) is 18.4 Å². The van der Waals surface area contributed by atoms with E-state index in [1.165, 1.54) is 18.3 Å². The Hall–Kier alpha value is -1.92. The molecule has 0 radical (unpaired) electrons. The molecule has 0 unspecified atom stereocenters. The second-order valence-corrected chi connectivity index (χ2v) is 6.31. The molecule has 0 saturated heterocycles. The first kappa shape index (κ1) is 15.5. The van der Waals surface area contributed by atoms with Crippen molar-refractivity contribution in [2.24, 2.45) is 0 Å². The van der Waals surface area contributed by atoms with E-state index >= 15 is 0 Å². The van der Waals surface area contributed by atoms with E-state index in [1.54, 1.807) is 0 Å². The van der Waals surface area contributed by atoms with Gasteiger partial charge in [-0.2, -0.15) is 0 Å². The summed E-state index contributed by atoms with van der Waals surface area (Å²) in [6.45, 7) is 2.99. The monoisotopic (exact) mass is 305 g/mol. The van der Waals surface area contributed by atoms with Gasteiger partial charge in [-0.05, 0) is 25.0 Å². The van der Waals surface area contributed by atoms with Crippen molar-refractivity contribution in [2.45, 2.75) is 18.2 Å². The molecule has 112 valence electrons. The fourth-order valence-corrected chi connectivity index (χ4v) is 2.96. The molecule has 0 aliphatic carbocycles. The Kier molecular flexibility index (Phi) is 5.30. The van der Waals surface area contributed by atoms with Crippen molar-refractivity contribution in [1.29, 1.82) is 0 Å². The van der Waals surface area contributed by atoms with E-state index in [1.807, 2.05) is 37.3 Å². The summed E-state index contributed by atoms with van der Waals surface area (Å²) in [5.74, 6) is 0.559. The summed E-state index contributed by atoms with van der Waals surface area (Å²) in [7, 11) is -3.50. The minimum atomic E-state index is -3.50. The van der Waals surface area contributed by atoms with Gasteiger partial charge in [0.1, 0.15) is 5.82 Å². The number of benzene rings is 1. The van der Waals surface area contributed by atoms with Crippen LogP contribution in [0.3, 0.4) is 0 Å². The second kappa shape index (κ2) is 7.19. The van der Waals surface area contributed by atoms with Crippen LogP contribution in [0.25, 0.3) is 0 Å². The molecular weight excluding hydrogens is 286 g/mol. The number of hydrogen-bond donors (Lipinski definition) is 2. The van der Waals surface area contributed by atoms with Crippen molar-refractivity contribution in [3.63, 3.8) is 0 Å². The minimum absolute atomic E-state index is 0.224. The lowest BCUT2D eigenvalue weighted by Gasteiger charge is -2.08. The van der Waals surface area contributed by atoms with Crippen LogP contribution in [0.1, 0.15) is 12.5 Å². The number of nitrogens with zero attached hydrogens (tertiary/aromatic N) is 1. The van der Waals surface area contributed by atoms with E-state index in [4.69, 9.17) is 0 Å². The van der Waals surface area contributed by atoms with Crippen molar-refractivity contribution in [3.05, 3.63) is 54.2 Å². The van der Waals surface area contributed by atoms with Gasteiger partial charge in [0.05, 0.1) is 4.90 Å². The molecule has 21 heavy (non-hydrogen) atoms. The van der Waals surface area contributed by atoms with Crippen LogP contribution in [-0.4, -0.2) is 26.5 Å². The second-order valence-electron chi connectivity index (χ2n) is 4.54. The van der Waals surface area contributed by atoms with Gasteiger partial charge < -0.3 is 5.32 Å². The third-order valence-corrected chi connectivity index (χ3v) is 4.41. The molecular formula is C15H19N3O2S. The van der Waals surface area contributed by atoms with Gasteiger partial charge in [-0.25, -0.2) is 18.1 Å². The summed E-state index contributed by atoms with van der Waals surface area (Å²) in [4.78, 5) is 4.29. The van der Waals surface area contributed by atoms with E-state index in [0.29, 0.717) is 25.3 Å². The summed E-state index contributed by atoms with van der Waals surface area (Å²) in [5.41, 5.74) is 1.10. The zero-order valence-corrected chi connectivity index (χ0v) is 12.7. The van der Waals surface area contributed by atoms with E-state index in [2.05, 4.69) is 15.0 Å². The normalized spacial score (nSPS) is 11.3. The molecule has 5 nitrogen and oxygen atoms in total. The molecule has 0 aliphatic rings. The number of hydrogen-bond acceptors (Lipinski definition) is 4. The zero-order chi connectivity index (χ0) is 15.1. The maximum Gasteiger partial charge on any atom is 0.240 e. The van der Waals surface area contributed by atoms with Crippen LogP contribution in [0.5, 0.6) is 0 Å². The number of sulfonamides is 1. The highest BCUT2D eigenvalue weighted by atomic mass is 32.2. The first-order valence-corrected chi connectivity index (χ1v) is 8.33. The van der Waals surface area contributed by atoms with Gasteiger partial charge in [-0.1, -0.05) is 30.3 Å². The third kappa shape index (κ3) is 4.54. The van der Waals surface area contributed by atoms with Gasteiger partial charge in [0.15, 0.2) is 0 Å². The molecule has 0 amide bonds. The number of anilines is 1. The molecule has 6 heteroatoms. The van der Waals surface area contributed by atoms with Crippen LogP contribution in [0.2, 0.25) is 0 Å². The van der Waals surface area contributed by atoms with Crippen LogP contribution in [0, 0.1) is 0 Å². The Morgan fingerprint density at radius 3 is 2.62 bits per heavy atom. The van der Waals surface area contributed by atoms with E-state index in [9.17, 15) is 8.42 Å². The highest BCUT2D eigenvalue weighted by Crippen LogP contribution is 2.12. The molecule has 0 atom stereocenters. The van der Waals surface area contributed by atoms with Gasteiger partial charge in [0.2, 0.25) is 10.0 Å². The molecule has 0 fully saturated rings. The Morgan fingerprint density at radius 2 is 1.90 bits per heavy atom. The van der Waals surface area contributed by atoms with E-state index in [0.717, 1.165) is 5.56 Å². The molecule has 0 aliphatic heterocycles. The standard InChI is InChI=1S/C15H19N3O2S/c1-2-16-15-12-14(9-10-17-15)21(19,20)18-11-8-13-6-4-3-5-7-13/h3-7,9-10,12,18H,2,8,11H2,1H3,(H,16,17). The third-order valence-electron chi connectivity index (χ3n) is 2.95. The highest BCUT2D eigenvalue weighted by molar-refractivity contribution is 7.89. The molecule has 2 rings (SSSR count). The maximum atomic E-state index is 12.2. The predicted octanol–water partition coefficient (Wildman–Crippen LogP) is 2.03. The summed E-state index contributed by atoms with van der Waals surface area (Å²) in [6, 6.07) is 12.8. The van der Waals surface area contributed by atoms with Gasteiger partial charge >= 0.3 is 0 Å². The number of aromatic nitrogens is 1. The summed E-state index contributed by atoms with van der Waals surface area (Å²) in [5, 5.41) is 3.00. The van der Waals surface area contributed by atoms with E-state index < -0.39 is 10.0 Å². The van der Waals surface area contributed by atoms with Crippen LogP contribution in [-0.2, 0) is 16.4 Å². The van der Waals surface area contributed by atoms with Gasteiger partial charge in [0, 0.05) is 25.4 Å². The van der Waals surface area contributed by atoms with Crippen LogP contribution in [0.4, 0.5) is 5.82 Å². The largest absolute Gasteiger partial charge is 0.370 e. The predicted molar refractivity (Wildman–Crippen MR) is 83.7 cm³/mol. The van der Waals surface area contributed by atoms with Crippen molar-refractivity contribution < 1.29 is 8.42 Å².